The van der Waals surface area contributed by atoms with Crippen LogP contribution in [0.1, 0.15) is 36.0 Å². The summed E-state index contributed by atoms with van der Waals surface area (Å²) in [6, 6.07) is 5.28. The molecule has 1 amide bonds. The summed E-state index contributed by atoms with van der Waals surface area (Å²) in [7, 11) is 3.41. The lowest BCUT2D eigenvalue weighted by molar-refractivity contribution is 0.0599. The van der Waals surface area contributed by atoms with Gasteiger partial charge in [0.05, 0.1) is 12.7 Å². The van der Waals surface area contributed by atoms with E-state index in [4.69, 9.17) is 4.74 Å². The summed E-state index contributed by atoms with van der Waals surface area (Å²) in [5, 5.41) is 13.3. The van der Waals surface area contributed by atoms with Gasteiger partial charge in [-0.2, -0.15) is 0 Å². The first-order chi connectivity index (χ1) is 10.2. The fraction of sp³-hybridized carbons (Fsp3) is 0.562. The molecule has 2 N–H and O–H groups in total. The number of carbonyl (C=O) groups is 1. The van der Waals surface area contributed by atoms with E-state index >= 15 is 0 Å². The highest BCUT2D eigenvalue weighted by Crippen LogP contribution is 2.32. The van der Waals surface area contributed by atoms with Crippen LogP contribution in [-0.2, 0) is 0 Å². The third-order valence-corrected chi connectivity index (χ3v) is 4.06. The summed E-state index contributed by atoms with van der Waals surface area (Å²) in [6.45, 7) is 1.64. The first-order valence-electron chi connectivity index (χ1n) is 7.50. The lowest BCUT2D eigenvalue weighted by Gasteiger charge is -2.36. The van der Waals surface area contributed by atoms with Crippen molar-refractivity contribution in [2.75, 3.05) is 27.2 Å². The third kappa shape index (κ3) is 3.47. The van der Waals surface area contributed by atoms with Gasteiger partial charge in [0.2, 0.25) is 0 Å². The number of piperidine rings is 1. The topological polar surface area (TPSA) is 61.8 Å². The molecule has 0 bridgehead atoms. The molecule has 2 rings (SSSR count). The highest BCUT2D eigenvalue weighted by molar-refractivity contribution is 5.97. The minimum Gasteiger partial charge on any atom is -0.504 e. The number of carbonyl (C=O) groups excluding carboxylic acids is 1. The molecule has 0 spiro atoms. The van der Waals surface area contributed by atoms with Crippen molar-refractivity contribution in [1.29, 1.82) is 0 Å². The minimum absolute atomic E-state index is 0.0667. The van der Waals surface area contributed by atoms with Gasteiger partial charge in [0.1, 0.15) is 0 Å². The van der Waals surface area contributed by atoms with Crippen LogP contribution in [0, 0.1) is 0 Å². The molecule has 0 aliphatic carbocycles. The van der Waals surface area contributed by atoms with E-state index in [2.05, 4.69) is 5.32 Å². The molecule has 1 fully saturated rings. The van der Waals surface area contributed by atoms with Crippen LogP contribution >= 0.6 is 0 Å². The van der Waals surface area contributed by atoms with Gasteiger partial charge in [-0.1, -0.05) is 6.07 Å². The molecule has 5 heteroatoms. The largest absolute Gasteiger partial charge is 0.504 e. The molecule has 1 heterocycles. The Labute approximate surface area is 125 Å². The van der Waals surface area contributed by atoms with E-state index in [1.807, 2.05) is 11.9 Å². The van der Waals surface area contributed by atoms with Gasteiger partial charge in [-0.15, -0.1) is 0 Å². The number of benzene rings is 1. The second-order valence-electron chi connectivity index (χ2n) is 5.40. The number of rotatable bonds is 5. The number of nitrogens with one attached hydrogen (secondary N) is 1. The fourth-order valence-corrected chi connectivity index (χ4v) is 2.89. The third-order valence-electron chi connectivity index (χ3n) is 4.06. The number of hydrogen-bond donors (Lipinski definition) is 2. The molecule has 21 heavy (non-hydrogen) atoms. The molecule has 1 unspecified atom stereocenters. The number of phenolic OH excluding ortho intramolecular Hbond substituents is 1. The maximum atomic E-state index is 12.8. The number of nitrogens with zero attached hydrogens (tertiary/aromatic N) is 1. The van der Waals surface area contributed by atoms with Gasteiger partial charge in [-0.3, -0.25) is 4.79 Å². The number of ether oxygens (including phenoxy) is 1. The number of amides is 1. The maximum absolute atomic E-state index is 12.8. The van der Waals surface area contributed by atoms with Crippen molar-refractivity contribution >= 4 is 5.91 Å². The Morgan fingerprint density at radius 3 is 3.00 bits per heavy atom. The van der Waals surface area contributed by atoms with Crippen molar-refractivity contribution in [3.63, 3.8) is 0 Å². The summed E-state index contributed by atoms with van der Waals surface area (Å²) in [5.41, 5.74) is 0.325. The molecule has 5 nitrogen and oxygen atoms in total. The zero-order valence-electron chi connectivity index (χ0n) is 12.8. The molecule has 0 aromatic heterocycles. The van der Waals surface area contributed by atoms with Gasteiger partial charge in [0.15, 0.2) is 11.5 Å². The molecule has 0 saturated carbocycles. The number of methoxy groups -OCH3 is 1. The van der Waals surface area contributed by atoms with Crippen LogP contribution in [0.5, 0.6) is 11.5 Å². The van der Waals surface area contributed by atoms with Gasteiger partial charge in [0, 0.05) is 12.6 Å². The van der Waals surface area contributed by atoms with E-state index in [0.29, 0.717) is 11.3 Å². The van der Waals surface area contributed by atoms with E-state index in [0.717, 1.165) is 38.8 Å². The Morgan fingerprint density at radius 2 is 2.29 bits per heavy atom. The zero-order chi connectivity index (χ0) is 15.2. The summed E-state index contributed by atoms with van der Waals surface area (Å²) < 4.78 is 5.08. The zero-order valence-corrected chi connectivity index (χ0v) is 12.8. The molecular weight excluding hydrogens is 268 g/mol. The molecule has 1 atom stereocenters. The normalized spacial score (nSPS) is 18.6. The van der Waals surface area contributed by atoms with Crippen LogP contribution < -0.4 is 10.1 Å². The van der Waals surface area contributed by atoms with Gasteiger partial charge in [-0.25, -0.2) is 0 Å². The van der Waals surface area contributed by atoms with Crippen molar-refractivity contribution < 1.29 is 14.6 Å². The monoisotopic (exact) mass is 292 g/mol. The Hall–Kier alpha value is -1.75. The molecule has 0 radical (unpaired) electrons. The predicted molar refractivity (Wildman–Crippen MR) is 81.9 cm³/mol. The first kappa shape index (κ1) is 15.6. The lowest BCUT2D eigenvalue weighted by atomic mass is 9.98. The standard InChI is InChI=1S/C16H24N2O3/c1-17-10-9-12-6-3-4-11-18(12)16(20)13-7-5-8-14(21-2)15(13)19/h5,7-8,12,17,19H,3-4,6,9-11H2,1-2H3. The predicted octanol–water partition coefficient (Wildman–Crippen LogP) is 2.01. The molecule has 1 aromatic carbocycles. The Bertz CT molecular complexity index is 490. The fourth-order valence-electron chi connectivity index (χ4n) is 2.89. The molecule has 116 valence electrons. The van der Waals surface area contributed by atoms with E-state index in [-0.39, 0.29) is 17.7 Å². The van der Waals surface area contributed by atoms with Crippen molar-refractivity contribution in [3.8, 4) is 11.5 Å². The Kier molecular flexibility index (Phi) is 5.44. The highest BCUT2D eigenvalue weighted by Gasteiger charge is 2.29. The van der Waals surface area contributed by atoms with E-state index < -0.39 is 0 Å². The molecule has 1 aliphatic heterocycles. The SMILES string of the molecule is CNCCC1CCCCN1C(=O)c1cccc(OC)c1O. The average Bonchev–Trinajstić information content (AvgIpc) is 2.53. The van der Waals surface area contributed by atoms with Crippen LogP contribution in [0.3, 0.4) is 0 Å². The van der Waals surface area contributed by atoms with Crippen LogP contribution in [-0.4, -0.2) is 49.2 Å². The van der Waals surface area contributed by atoms with E-state index in [1.165, 1.54) is 7.11 Å². The van der Waals surface area contributed by atoms with Crippen LogP contribution in [0.2, 0.25) is 0 Å². The van der Waals surface area contributed by atoms with Gasteiger partial charge < -0.3 is 20.1 Å². The number of aromatic hydroxyl groups is 1. The number of phenols is 1. The Balaban J connectivity index is 2.20. The number of hydrogen-bond acceptors (Lipinski definition) is 4. The van der Waals surface area contributed by atoms with Crippen LogP contribution in [0.25, 0.3) is 0 Å². The minimum atomic E-state index is -0.104. The molecule has 1 saturated heterocycles. The van der Waals surface area contributed by atoms with Crippen LogP contribution in [0.4, 0.5) is 0 Å². The summed E-state index contributed by atoms with van der Waals surface area (Å²) in [4.78, 5) is 14.7. The maximum Gasteiger partial charge on any atom is 0.258 e. The van der Waals surface area contributed by atoms with E-state index in [1.54, 1.807) is 18.2 Å². The van der Waals surface area contributed by atoms with Gasteiger partial charge >= 0.3 is 0 Å². The molecule has 1 aromatic rings. The van der Waals surface area contributed by atoms with Crippen LogP contribution in [0.15, 0.2) is 18.2 Å². The lowest BCUT2D eigenvalue weighted by Crippen LogP contribution is -2.44. The Morgan fingerprint density at radius 1 is 1.48 bits per heavy atom. The van der Waals surface area contributed by atoms with E-state index in [9.17, 15) is 9.90 Å². The molecule has 1 aliphatic rings. The molecular formula is C16H24N2O3. The van der Waals surface area contributed by atoms with Crippen molar-refractivity contribution in [3.05, 3.63) is 23.8 Å². The summed E-state index contributed by atoms with van der Waals surface area (Å²) in [6.07, 6.45) is 4.14. The van der Waals surface area contributed by atoms with Gasteiger partial charge in [0.25, 0.3) is 5.91 Å². The smallest absolute Gasteiger partial charge is 0.258 e. The second kappa shape index (κ2) is 7.31. The highest BCUT2D eigenvalue weighted by atomic mass is 16.5. The number of para-hydroxylation sites is 1. The van der Waals surface area contributed by atoms with Gasteiger partial charge in [-0.05, 0) is 51.4 Å². The first-order valence-corrected chi connectivity index (χ1v) is 7.50. The second-order valence-corrected chi connectivity index (χ2v) is 5.40. The van der Waals surface area contributed by atoms with Crippen molar-refractivity contribution in [2.45, 2.75) is 31.7 Å². The van der Waals surface area contributed by atoms with Crippen molar-refractivity contribution in [1.82, 2.24) is 10.2 Å². The summed E-state index contributed by atoms with van der Waals surface area (Å²) >= 11 is 0. The summed E-state index contributed by atoms with van der Waals surface area (Å²) in [5.74, 6) is 0.166. The number of likely N-dealkylation sites (tertiary alicyclic amines) is 1. The quantitative estimate of drug-likeness (QED) is 0.871. The van der Waals surface area contributed by atoms with Crippen molar-refractivity contribution in [2.24, 2.45) is 0 Å². The average molecular weight is 292 g/mol.